The Kier molecular flexibility index (Phi) is 4.62. The van der Waals surface area contributed by atoms with Gasteiger partial charge in [-0.2, -0.15) is 10.2 Å². The fraction of sp³-hybridized carbons (Fsp3) is 0.241. The fourth-order valence-electron chi connectivity index (χ4n) is 6.90. The quantitative estimate of drug-likeness (QED) is 0.229. The van der Waals surface area contributed by atoms with Crippen molar-refractivity contribution in [2.24, 2.45) is 15.6 Å². The van der Waals surface area contributed by atoms with Crippen LogP contribution in [0.15, 0.2) is 95.1 Å². The molecule has 34 heavy (non-hydrogen) atoms. The summed E-state index contributed by atoms with van der Waals surface area (Å²) in [7, 11) is 0. The van der Waals surface area contributed by atoms with Gasteiger partial charge in [0, 0.05) is 5.56 Å². The summed E-state index contributed by atoms with van der Waals surface area (Å²) in [5.74, 6) is 0. The second kappa shape index (κ2) is 7.84. The Morgan fingerprint density at radius 3 is 1.79 bits per heavy atom. The minimum Gasteiger partial charge on any atom is -0.241 e. The molecule has 4 saturated heterocycles. The standard InChI is InChI=1S/C29H27N5/c1-2-8-22(9-3-1)28(29-16-32-19-33(17-29)21-34(18-29)20-32)31-30-15-27-25-12-6-4-10-23(25)14-24-11-5-7-13-26(24)27/h1-15H,16-21H2/p+3/b30-15-,31-28+. The maximum atomic E-state index is 5.04. The second-order valence-corrected chi connectivity index (χ2v) is 10.4. The predicted molar refractivity (Wildman–Crippen MR) is 137 cm³/mol. The number of quaternary nitrogens is 3. The minimum absolute atomic E-state index is 0.0915. The van der Waals surface area contributed by atoms with Gasteiger partial charge < -0.3 is 0 Å². The molecule has 4 fully saturated rings. The van der Waals surface area contributed by atoms with Crippen molar-refractivity contribution in [1.82, 2.24) is 0 Å². The van der Waals surface area contributed by atoms with Gasteiger partial charge in [-0.1, -0.05) is 78.9 Å². The monoisotopic (exact) mass is 448 g/mol. The highest BCUT2D eigenvalue weighted by Crippen LogP contribution is 2.28. The van der Waals surface area contributed by atoms with Crippen LogP contribution in [0.1, 0.15) is 11.1 Å². The van der Waals surface area contributed by atoms with E-state index in [0.717, 1.165) is 5.56 Å². The molecule has 0 aliphatic carbocycles. The summed E-state index contributed by atoms with van der Waals surface area (Å²) >= 11 is 0. The average molecular weight is 449 g/mol. The van der Waals surface area contributed by atoms with Crippen molar-refractivity contribution in [3.63, 3.8) is 0 Å². The molecule has 4 bridgehead atoms. The van der Waals surface area contributed by atoms with E-state index in [1.165, 1.54) is 72.5 Å². The van der Waals surface area contributed by atoms with Crippen molar-refractivity contribution in [3.8, 4) is 0 Å². The molecule has 0 saturated carbocycles. The average Bonchev–Trinajstić information content (AvgIpc) is 2.85. The SMILES string of the molecule is C(=N/N=C(\c1ccccc1)C12C[NH+]3C[NH+](C[NH+](C3)C1)C2)/c1c2ccccc2cc2ccccc12. The number of benzene rings is 4. The zero-order valence-electron chi connectivity index (χ0n) is 19.3. The third-order valence-corrected chi connectivity index (χ3v) is 7.97. The van der Waals surface area contributed by atoms with Gasteiger partial charge in [0.05, 0.1) is 11.9 Å². The number of hydrogen-bond acceptors (Lipinski definition) is 2. The maximum absolute atomic E-state index is 5.04. The molecule has 5 heteroatoms. The highest BCUT2D eigenvalue weighted by molar-refractivity contribution is 6.13. The van der Waals surface area contributed by atoms with Gasteiger partial charge in [-0.05, 0) is 33.2 Å². The number of rotatable bonds is 4. The number of hydrogen-bond donors (Lipinski definition) is 3. The van der Waals surface area contributed by atoms with Crippen LogP contribution in [0, 0.1) is 5.41 Å². The first-order valence-electron chi connectivity index (χ1n) is 12.4. The summed E-state index contributed by atoms with van der Waals surface area (Å²) in [5.41, 5.74) is 3.62. The fourth-order valence-corrected chi connectivity index (χ4v) is 6.90. The molecule has 0 radical (unpaired) electrons. The van der Waals surface area contributed by atoms with E-state index >= 15 is 0 Å². The molecule has 5 nitrogen and oxygen atoms in total. The Morgan fingerprint density at radius 1 is 0.676 bits per heavy atom. The van der Waals surface area contributed by atoms with Gasteiger partial charge in [0.1, 0.15) is 19.6 Å². The van der Waals surface area contributed by atoms with E-state index in [2.05, 4.69) is 84.9 Å². The van der Waals surface area contributed by atoms with Crippen LogP contribution in [0.25, 0.3) is 21.5 Å². The Balaban J connectivity index is 1.36. The zero-order chi connectivity index (χ0) is 22.5. The van der Waals surface area contributed by atoms with Crippen LogP contribution in [0.3, 0.4) is 0 Å². The van der Waals surface area contributed by atoms with Crippen molar-refractivity contribution in [3.05, 3.63) is 96.1 Å². The normalized spacial score (nSPS) is 28.4. The van der Waals surface area contributed by atoms with Gasteiger partial charge in [-0.15, -0.1) is 0 Å². The molecule has 4 aromatic carbocycles. The smallest absolute Gasteiger partial charge is 0.213 e. The summed E-state index contributed by atoms with van der Waals surface area (Å²) in [4.78, 5) is 5.13. The molecule has 4 aliphatic heterocycles. The second-order valence-electron chi connectivity index (χ2n) is 10.4. The molecule has 0 amide bonds. The lowest BCUT2D eigenvalue weighted by atomic mass is 9.74. The number of nitrogens with zero attached hydrogens (tertiary/aromatic N) is 2. The lowest BCUT2D eigenvalue weighted by Gasteiger charge is -2.52. The topological polar surface area (TPSA) is 38.0 Å². The molecule has 4 heterocycles. The van der Waals surface area contributed by atoms with E-state index < -0.39 is 0 Å². The molecule has 0 aromatic heterocycles. The molecule has 0 atom stereocenters. The maximum Gasteiger partial charge on any atom is 0.213 e. The summed E-state index contributed by atoms with van der Waals surface area (Å²) in [6, 6.07) is 30.2. The largest absolute Gasteiger partial charge is 0.241 e. The Hall–Kier alpha value is -3.38. The van der Waals surface area contributed by atoms with Crippen LogP contribution in [0.5, 0.6) is 0 Å². The first-order valence-corrected chi connectivity index (χ1v) is 12.4. The molecule has 3 N–H and O–H groups in total. The first-order chi connectivity index (χ1) is 16.8. The number of fused-ring (bicyclic) bond motifs is 2. The highest BCUT2D eigenvalue weighted by Gasteiger charge is 2.60. The van der Waals surface area contributed by atoms with E-state index in [1.54, 1.807) is 14.7 Å². The van der Waals surface area contributed by atoms with Crippen LogP contribution >= 0.6 is 0 Å². The zero-order valence-corrected chi connectivity index (χ0v) is 19.3. The van der Waals surface area contributed by atoms with Crippen molar-refractivity contribution in [2.75, 3.05) is 39.6 Å². The van der Waals surface area contributed by atoms with E-state index in [0.29, 0.717) is 0 Å². The summed E-state index contributed by atoms with van der Waals surface area (Å²) in [5, 5.41) is 14.8. The van der Waals surface area contributed by atoms with Gasteiger partial charge in [-0.3, -0.25) is 0 Å². The van der Waals surface area contributed by atoms with E-state index in [1.807, 2.05) is 6.21 Å². The van der Waals surface area contributed by atoms with E-state index in [-0.39, 0.29) is 5.41 Å². The Labute approximate surface area is 199 Å². The summed E-state index contributed by atoms with van der Waals surface area (Å²) < 4.78 is 0. The molecule has 168 valence electrons. The molecule has 0 unspecified atom stereocenters. The van der Waals surface area contributed by atoms with Crippen molar-refractivity contribution >= 4 is 33.5 Å². The van der Waals surface area contributed by atoms with Crippen molar-refractivity contribution < 1.29 is 14.7 Å². The molecular formula is C29H30N5+3. The van der Waals surface area contributed by atoms with Crippen LogP contribution in [-0.2, 0) is 0 Å². The highest BCUT2D eigenvalue weighted by atomic mass is 15.5. The molecular weight excluding hydrogens is 418 g/mol. The van der Waals surface area contributed by atoms with Gasteiger partial charge in [0.15, 0.2) is 5.41 Å². The molecule has 0 spiro atoms. The van der Waals surface area contributed by atoms with Crippen molar-refractivity contribution in [2.45, 2.75) is 0 Å². The van der Waals surface area contributed by atoms with Gasteiger partial charge in [0.25, 0.3) is 0 Å². The van der Waals surface area contributed by atoms with E-state index in [9.17, 15) is 0 Å². The van der Waals surface area contributed by atoms with Crippen LogP contribution in [0.4, 0.5) is 0 Å². The Morgan fingerprint density at radius 2 is 1.21 bits per heavy atom. The third kappa shape index (κ3) is 3.28. The third-order valence-electron chi connectivity index (χ3n) is 7.97. The minimum atomic E-state index is 0.0915. The summed E-state index contributed by atoms with van der Waals surface area (Å²) in [6.07, 6.45) is 1.99. The molecule has 4 aromatic rings. The van der Waals surface area contributed by atoms with Crippen LogP contribution in [0.2, 0.25) is 0 Å². The first kappa shape index (κ1) is 20.0. The lowest BCUT2D eigenvalue weighted by molar-refractivity contribution is -1.30. The molecule has 8 rings (SSSR count). The number of nitrogens with one attached hydrogen (secondary N) is 3. The predicted octanol–water partition coefficient (Wildman–Crippen LogP) is 0.371. The van der Waals surface area contributed by atoms with Crippen LogP contribution < -0.4 is 14.7 Å². The summed E-state index contributed by atoms with van der Waals surface area (Å²) in [6.45, 7) is 7.25. The lowest BCUT2D eigenvalue weighted by Crippen LogP contribution is -3.56. The molecule has 4 aliphatic rings. The van der Waals surface area contributed by atoms with Crippen LogP contribution in [-0.4, -0.2) is 51.6 Å². The van der Waals surface area contributed by atoms with Gasteiger partial charge in [-0.25, -0.2) is 14.7 Å². The van der Waals surface area contributed by atoms with Gasteiger partial charge in [0.2, 0.25) is 20.0 Å². The van der Waals surface area contributed by atoms with Gasteiger partial charge >= 0.3 is 0 Å². The van der Waals surface area contributed by atoms with Crippen molar-refractivity contribution in [1.29, 1.82) is 0 Å². The van der Waals surface area contributed by atoms with E-state index in [4.69, 9.17) is 10.2 Å². The Bertz CT molecular complexity index is 1350.